The molecule has 3 rings (SSSR count). The number of ether oxygens (including phenoxy) is 1. The van der Waals surface area contributed by atoms with E-state index in [9.17, 15) is 9.59 Å². The Morgan fingerprint density at radius 3 is 2.90 bits per heavy atom. The summed E-state index contributed by atoms with van der Waals surface area (Å²) < 4.78 is 5.20. The van der Waals surface area contributed by atoms with Gasteiger partial charge >= 0.3 is 12.0 Å². The first-order chi connectivity index (χ1) is 13.9. The lowest BCUT2D eigenvalue weighted by atomic mass is 9.88. The lowest BCUT2D eigenvalue weighted by Gasteiger charge is -2.18. The third kappa shape index (κ3) is 5.29. The van der Waals surface area contributed by atoms with Gasteiger partial charge in [0.25, 0.3) is 0 Å². The quantitative estimate of drug-likeness (QED) is 0.355. The molecule has 1 atom stereocenters. The largest absolute Gasteiger partial charge is 0.462 e. The van der Waals surface area contributed by atoms with E-state index in [0.717, 1.165) is 29.7 Å². The molecule has 2 aromatic rings. The Balaban J connectivity index is 1.74. The van der Waals surface area contributed by atoms with Crippen molar-refractivity contribution in [3.05, 3.63) is 49.8 Å². The van der Waals surface area contributed by atoms with Gasteiger partial charge in [0, 0.05) is 15.5 Å². The second kappa shape index (κ2) is 9.61. The number of fused-ring (bicyclic) bond motifs is 1. The van der Waals surface area contributed by atoms with Crippen molar-refractivity contribution >= 4 is 57.8 Å². The Morgan fingerprint density at radius 2 is 2.17 bits per heavy atom. The molecule has 0 saturated carbocycles. The smallest absolute Gasteiger partial charge is 0.341 e. The average molecular weight is 454 g/mol. The van der Waals surface area contributed by atoms with Crippen LogP contribution in [0.15, 0.2) is 23.3 Å². The first kappa shape index (κ1) is 21.6. The molecule has 1 unspecified atom stereocenters. The number of esters is 1. The normalized spacial score (nSPS) is 15.8. The summed E-state index contributed by atoms with van der Waals surface area (Å²) in [6, 6.07) is 4.41. The number of amides is 2. The van der Waals surface area contributed by atoms with E-state index in [2.05, 4.69) is 22.8 Å². The van der Waals surface area contributed by atoms with Crippen molar-refractivity contribution < 1.29 is 14.3 Å². The molecule has 0 aliphatic heterocycles. The number of hydrogen-bond acceptors (Lipinski definition) is 5. The van der Waals surface area contributed by atoms with Gasteiger partial charge < -0.3 is 4.74 Å². The predicted octanol–water partition coefficient (Wildman–Crippen LogP) is 5.51. The predicted molar refractivity (Wildman–Crippen MR) is 118 cm³/mol. The highest BCUT2D eigenvalue weighted by Gasteiger charge is 2.29. The van der Waals surface area contributed by atoms with Gasteiger partial charge in [-0.25, -0.2) is 15.0 Å². The maximum absolute atomic E-state index is 12.5. The van der Waals surface area contributed by atoms with E-state index in [4.69, 9.17) is 27.9 Å². The fraction of sp³-hybridized carbons (Fsp3) is 0.350. The van der Waals surface area contributed by atoms with Gasteiger partial charge in [0.1, 0.15) is 5.00 Å². The monoisotopic (exact) mass is 453 g/mol. The number of anilines is 1. The molecule has 9 heteroatoms. The highest BCUT2D eigenvalue weighted by Crippen LogP contribution is 2.40. The van der Waals surface area contributed by atoms with Gasteiger partial charge in [0.2, 0.25) is 0 Å². The molecule has 1 heterocycles. The molecule has 0 bridgehead atoms. The van der Waals surface area contributed by atoms with Gasteiger partial charge in [0.15, 0.2) is 0 Å². The maximum Gasteiger partial charge on any atom is 0.341 e. The second-order valence-electron chi connectivity index (χ2n) is 6.77. The van der Waals surface area contributed by atoms with Crippen LogP contribution in [0.4, 0.5) is 9.80 Å². The van der Waals surface area contributed by atoms with Crippen molar-refractivity contribution in [3.63, 3.8) is 0 Å². The minimum Gasteiger partial charge on any atom is -0.462 e. The zero-order valence-corrected chi connectivity index (χ0v) is 18.4. The topological polar surface area (TPSA) is 79.8 Å². The van der Waals surface area contributed by atoms with Crippen LogP contribution in [0, 0.1) is 5.92 Å². The molecular formula is C20H21Cl2N3O3S. The summed E-state index contributed by atoms with van der Waals surface area (Å²) in [6.45, 7) is 4.22. The third-order valence-electron chi connectivity index (χ3n) is 4.55. The summed E-state index contributed by atoms with van der Waals surface area (Å²) in [4.78, 5) is 25.9. The number of benzene rings is 1. The average Bonchev–Trinajstić information content (AvgIpc) is 3.00. The van der Waals surface area contributed by atoms with Crippen molar-refractivity contribution in [1.29, 1.82) is 0 Å². The summed E-state index contributed by atoms with van der Waals surface area (Å²) in [6.07, 6.45) is 4.13. The van der Waals surface area contributed by atoms with Crippen molar-refractivity contribution in [2.45, 2.75) is 33.1 Å². The summed E-state index contributed by atoms with van der Waals surface area (Å²) in [5.41, 5.74) is 4.45. The highest BCUT2D eigenvalue weighted by molar-refractivity contribution is 7.17. The number of hydrazone groups is 1. The number of carbonyl (C=O) groups excluding carboxylic acids is 2. The van der Waals surface area contributed by atoms with Crippen molar-refractivity contribution in [2.75, 3.05) is 11.9 Å². The van der Waals surface area contributed by atoms with Crippen molar-refractivity contribution in [2.24, 2.45) is 11.0 Å². The summed E-state index contributed by atoms with van der Waals surface area (Å²) in [7, 11) is 0. The number of nitrogens with zero attached hydrogens (tertiary/aromatic N) is 1. The molecule has 0 spiro atoms. The highest BCUT2D eigenvalue weighted by atomic mass is 35.5. The van der Waals surface area contributed by atoms with Crippen LogP contribution < -0.4 is 10.7 Å². The number of nitrogens with one attached hydrogen (secondary N) is 2. The SMILES string of the molecule is CCOC(=O)c1c(NC(=O)N/N=C\c2ccc(Cl)cc2Cl)sc2c1CCC(C)C2. The molecule has 2 N–H and O–H groups in total. The van der Waals surface area contributed by atoms with Crippen LogP contribution in [0.5, 0.6) is 0 Å². The Kier molecular flexibility index (Phi) is 7.16. The van der Waals surface area contributed by atoms with Crippen molar-refractivity contribution in [3.8, 4) is 0 Å². The van der Waals surface area contributed by atoms with Crippen LogP contribution in [0.2, 0.25) is 10.0 Å². The minimum absolute atomic E-state index is 0.275. The molecule has 29 heavy (non-hydrogen) atoms. The van der Waals surface area contributed by atoms with E-state index in [1.165, 1.54) is 17.6 Å². The molecule has 154 valence electrons. The molecule has 1 aromatic carbocycles. The second-order valence-corrected chi connectivity index (χ2v) is 8.72. The van der Waals surface area contributed by atoms with Crippen LogP contribution in [-0.4, -0.2) is 24.8 Å². The fourth-order valence-electron chi connectivity index (χ4n) is 3.16. The molecular weight excluding hydrogens is 433 g/mol. The van der Waals surface area contributed by atoms with Crippen LogP contribution in [0.25, 0.3) is 0 Å². The molecule has 0 saturated heterocycles. The standard InChI is InChI=1S/C20H21Cl2N3O3S/c1-3-28-19(26)17-14-7-4-11(2)8-16(14)29-18(17)24-20(27)25-23-10-12-5-6-13(21)9-15(12)22/h5-6,9-11H,3-4,7-8H2,1-2H3,(H2,24,25,27)/b23-10-. The van der Waals surface area contributed by atoms with E-state index in [0.29, 0.717) is 32.1 Å². The summed E-state index contributed by atoms with van der Waals surface area (Å²) >= 11 is 13.4. The number of thiophene rings is 1. The van der Waals surface area contributed by atoms with E-state index >= 15 is 0 Å². The zero-order valence-electron chi connectivity index (χ0n) is 16.1. The number of halogens is 2. The first-order valence-corrected chi connectivity index (χ1v) is 10.8. The van der Waals surface area contributed by atoms with Gasteiger partial charge in [-0.3, -0.25) is 5.32 Å². The molecule has 1 aliphatic carbocycles. The van der Waals surface area contributed by atoms with Gasteiger partial charge in [0.05, 0.1) is 23.4 Å². The number of rotatable bonds is 5. The number of hydrogen-bond donors (Lipinski definition) is 2. The van der Waals surface area contributed by atoms with Crippen LogP contribution in [0.1, 0.15) is 46.6 Å². The van der Waals surface area contributed by atoms with Crippen LogP contribution in [-0.2, 0) is 17.6 Å². The molecule has 0 fully saturated rings. The first-order valence-electron chi connectivity index (χ1n) is 9.25. The van der Waals surface area contributed by atoms with Gasteiger partial charge in [-0.1, -0.05) is 36.2 Å². The maximum atomic E-state index is 12.5. The Labute approximate surface area is 183 Å². The molecule has 0 radical (unpaired) electrons. The zero-order chi connectivity index (χ0) is 21.0. The van der Waals surface area contributed by atoms with Gasteiger partial charge in [-0.15, -0.1) is 11.3 Å². The van der Waals surface area contributed by atoms with Crippen molar-refractivity contribution in [1.82, 2.24) is 5.43 Å². The van der Waals surface area contributed by atoms with Crippen LogP contribution in [0.3, 0.4) is 0 Å². The molecule has 6 nitrogen and oxygen atoms in total. The number of carbonyl (C=O) groups is 2. The minimum atomic E-state index is -0.552. The van der Waals surface area contributed by atoms with Gasteiger partial charge in [-0.05, 0) is 49.8 Å². The molecule has 2 amide bonds. The fourth-order valence-corrected chi connectivity index (χ4v) is 5.01. The van der Waals surface area contributed by atoms with E-state index < -0.39 is 12.0 Å². The Hall–Kier alpha value is -2.09. The van der Waals surface area contributed by atoms with E-state index in [1.54, 1.807) is 25.1 Å². The summed E-state index contributed by atoms with van der Waals surface area (Å²) in [5, 5.41) is 8.06. The summed E-state index contributed by atoms with van der Waals surface area (Å²) in [5.74, 6) is 0.137. The third-order valence-corrected chi connectivity index (χ3v) is 6.28. The van der Waals surface area contributed by atoms with E-state index in [-0.39, 0.29) is 6.61 Å². The Morgan fingerprint density at radius 1 is 1.38 bits per heavy atom. The Bertz CT molecular complexity index is 959. The molecule has 1 aliphatic rings. The number of urea groups is 1. The van der Waals surface area contributed by atoms with E-state index in [1.807, 2.05) is 0 Å². The lowest BCUT2D eigenvalue weighted by Crippen LogP contribution is -2.25. The van der Waals surface area contributed by atoms with Gasteiger partial charge in [-0.2, -0.15) is 5.10 Å². The van der Waals surface area contributed by atoms with Crippen LogP contribution >= 0.6 is 34.5 Å². The molecule has 1 aromatic heterocycles. The lowest BCUT2D eigenvalue weighted by molar-refractivity contribution is 0.0526.